The van der Waals surface area contributed by atoms with Crippen LogP contribution in [0.5, 0.6) is 0 Å². The van der Waals surface area contributed by atoms with E-state index >= 15 is 0 Å². The fourth-order valence-corrected chi connectivity index (χ4v) is 2.71. The van der Waals surface area contributed by atoms with Crippen molar-refractivity contribution in [2.45, 2.75) is 59.7 Å². The highest BCUT2D eigenvalue weighted by Gasteiger charge is 2.64. The zero-order valence-electron chi connectivity index (χ0n) is 13.5. The van der Waals surface area contributed by atoms with Crippen LogP contribution >= 0.6 is 0 Å². The van der Waals surface area contributed by atoms with E-state index in [2.05, 4.69) is 4.74 Å². The largest absolute Gasteiger partial charge is 0.463 e. The molecular weight excluding hydrogens is 301 g/mol. The number of ether oxygens (including phenoxy) is 2. The van der Waals surface area contributed by atoms with E-state index in [-0.39, 0.29) is 13.0 Å². The Bertz CT molecular complexity index is 437. The van der Waals surface area contributed by atoms with Gasteiger partial charge in [-0.2, -0.15) is 13.2 Å². The number of alkyl halides is 3. The lowest BCUT2D eigenvalue weighted by atomic mass is 9.66. The molecule has 0 amide bonds. The number of rotatable bonds is 4. The first-order chi connectivity index (χ1) is 9.81. The lowest BCUT2D eigenvalue weighted by Crippen LogP contribution is -2.53. The van der Waals surface area contributed by atoms with Crippen LogP contribution in [0.2, 0.25) is 0 Å². The first kappa shape index (κ1) is 18.8. The number of esters is 2. The Hall–Kier alpha value is -1.27. The molecule has 0 saturated carbocycles. The molecular formula is C15H23F3O4. The molecule has 2 atom stereocenters. The predicted molar refractivity (Wildman–Crippen MR) is 72.9 cm³/mol. The minimum atomic E-state index is -4.77. The molecule has 0 radical (unpaired) electrons. The lowest BCUT2D eigenvalue weighted by molar-refractivity contribution is -0.256. The second-order valence-corrected chi connectivity index (χ2v) is 7.21. The molecule has 4 nitrogen and oxygen atoms in total. The Balaban J connectivity index is 3.17. The SMILES string of the molecule is CC(C)C(CC(C)(C)C)(C(=O)OC1CCOC1=O)C(F)(F)F. The number of carbonyl (C=O) groups is 2. The zero-order valence-corrected chi connectivity index (χ0v) is 13.5. The minimum Gasteiger partial charge on any atom is -0.463 e. The highest BCUT2D eigenvalue weighted by Crippen LogP contribution is 2.52. The molecule has 0 aromatic rings. The molecule has 0 aromatic heterocycles. The summed E-state index contributed by atoms with van der Waals surface area (Å²) >= 11 is 0. The van der Waals surface area contributed by atoms with Gasteiger partial charge < -0.3 is 9.47 Å². The Morgan fingerprint density at radius 2 is 1.86 bits per heavy atom. The van der Waals surface area contributed by atoms with Crippen LogP contribution < -0.4 is 0 Å². The molecule has 1 aliphatic heterocycles. The van der Waals surface area contributed by atoms with Crippen molar-refractivity contribution in [3.8, 4) is 0 Å². The van der Waals surface area contributed by atoms with Crippen LogP contribution in [-0.2, 0) is 19.1 Å². The molecule has 0 aliphatic carbocycles. The van der Waals surface area contributed by atoms with Gasteiger partial charge in [-0.15, -0.1) is 0 Å². The van der Waals surface area contributed by atoms with Gasteiger partial charge in [0.2, 0.25) is 6.10 Å². The van der Waals surface area contributed by atoms with E-state index < -0.39 is 47.4 Å². The maximum Gasteiger partial charge on any atom is 0.405 e. The van der Waals surface area contributed by atoms with Gasteiger partial charge in [-0.05, 0) is 17.8 Å². The van der Waals surface area contributed by atoms with E-state index in [0.717, 1.165) is 0 Å². The highest BCUT2D eigenvalue weighted by atomic mass is 19.4. The van der Waals surface area contributed by atoms with Gasteiger partial charge in [0.05, 0.1) is 6.61 Å². The van der Waals surface area contributed by atoms with Crippen molar-refractivity contribution in [1.29, 1.82) is 0 Å². The van der Waals surface area contributed by atoms with E-state index in [1.807, 2.05) is 0 Å². The summed E-state index contributed by atoms with van der Waals surface area (Å²) in [5.41, 5.74) is -3.39. The third-order valence-corrected chi connectivity index (χ3v) is 3.80. The number of cyclic esters (lactones) is 1. The molecule has 0 bridgehead atoms. The smallest absolute Gasteiger partial charge is 0.405 e. The van der Waals surface area contributed by atoms with E-state index in [4.69, 9.17) is 4.74 Å². The van der Waals surface area contributed by atoms with Gasteiger partial charge in [-0.3, -0.25) is 4.79 Å². The predicted octanol–water partition coefficient (Wildman–Crippen LogP) is 3.49. The molecule has 1 heterocycles. The second kappa shape index (κ2) is 6.08. The molecule has 1 fully saturated rings. The van der Waals surface area contributed by atoms with Crippen LogP contribution in [0.4, 0.5) is 13.2 Å². The van der Waals surface area contributed by atoms with Gasteiger partial charge in [0, 0.05) is 6.42 Å². The van der Waals surface area contributed by atoms with Gasteiger partial charge in [0.25, 0.3) is 0 Å². The minimum absolute atomic E-state index is 0.0523. The molecule has 0 N–H and O–H groups in total. The molecule has 7 heteroatoms. The van der Waals surface area contributed by atoms with Crippen LogP contribution in [-0.4, -0.2) is 30.8 Å². The van der Waals surface area contributed by atoms with Crippen LogP contribution in [0.25, 0.3) is 0 Å². The molecule has 1 aliphatic rings. The maximum absolute atomic E-state index is 13.8. The van der Waals surface area contributed by atoms with Crippen LogP contribution in [0.3, 0.4) is 0 Å². The van der Waals surface area contributed by atoms with Crippen LogP contribution in [0, 0.1) is 16.7 Å². The van der Waals surface area contributed by atoms with Crippen LogP contribution in [0.1, 0.15) is 47.5 Å². The Labute approximate surface area is 128 Å². The third kappa shape index (κ3) is 3.73. The summed E-state index contributed by atoms with van der Waals surface area (Å²) in [5, 5.41) is 0. The fourth-order valence-electron chi connectivity index (χ4n) is 2.71. The first-order valence-electron chi connectivity index (χ1n) is 7.26. The van der Waals surface area contributed by atoms with Crippen molar-refractivity contribution in [3.63, 3.8) is 0 Å². The van der Waals surface area contributed by atoms with Crippen molar-refractivity contribution in [2.75, 3.05) is 6.61 Å². The van der Waals surface area contributed by atoms with E-state index in [0.29, 0.717) is 0 Å². The summed E-state index contributed by atoms with van der Waals surface area (Å²) in [5.74, 6) is -3.20. The van der Waals surface area contributed by atoms with Gasteiger partial charge >= 0.3 is 18.1 Å². The molecule has 22 heavy (non-hydrogen) atoms. The molecule has 2 unspecified atom stereocenters. The average Bonchev–Trinajstić information content (AvgIpc) is 2.68. The summed E-state index contributed by atoms with van der Waals surface area (Å²) in [7, 11) is 0. The van der Waals surface area contributed by atoms with Crippen molar-refractivity contribution >= 4 is 11.9 Å². The molecule has 0 spiro atoms. The second-order valence-electron chi connectivity index (χ2n) is 7.21. The van der Waals surface area contributed by atoms with Crippen molar-refractivity contribution in [1.82, 2.24) is 0 Å². The molecule has 1 rings (SSSR count). The average molecular weight is 324 g/mol. The molecule has 0 aromatic carbocycles. The first-order valence-corrected chi connectivity index (χ1v) is 7.26. The zero-order chi connectivity index (χ0) is 17.3. The summed E-state index contributed by atoms with van der Waals surface area (Å²) in [6.45, 7) is 7.63. The van der Waals surface area contributed by atoms with Crippen LogP contribution in [0.15, 0.2) is 0 Å². The highest BCUT2D eigenvalue weighted by molar-refractivity contribution is 5.84. The van der Waals surface area contributed by atoms with Gasteiger partial charge in [0.1, 0.15) is 0 Å². The van der Waals surface area contributed by atoms with E-state index in [9.17, 15) is 22.8 Å². The normalized spacial score (nSPS) is 22.4. The Morgan fingerprint density at radius 1 is 1.32 bits per heavy atom. The summed E-state index contributed by atoms with van der Waals surface area (Å²) in [4.78, 5) is 23.7. The third-order valence-electron chi connectivity index (χ3n) is 3.80. The quantitative estimate of drug-likeness (QED) is 0.743. The fraction of sp³-hybridized carbons (Fsp3) is 0.867. The number of hydrogen-bond donors (Lipinski definition) is 0. The van der Waals surface area contributed by atoms with Gasteiger partial charge in [-0.25, -0.2) is 4.79 Å². The van der Waals surface area contributed by atoms with E-state index in [1.165, 1.54) is 13.8 Å². The number of halogens is 3. The van der Waals surface area contributed by atoms with Crippen molar-refractivity contribution in [3.05, 3.63) is 0 Å². The van der Waals surface area contributed by atoms with Crippen molar-refractivity contribution < 1.29 is 32.2 Å². The number of hydrogen-bond acceptors (Lipinski definition) is 4. The van der Waals surface area contributed by atoms with Gasteiger partial charge in [0.15, 0.2) is 5.41 Å². The summed E-state index contributed by atoms with van der Waals surface area (Å²) < 4.78 is 50.8. The number of carbonyl (C=O) groups excluding carboxylic acids is 2. The molecule has 128 valence electrons. The Morgan fingerprint density at radius 3 is 2.18 bits per heavy atom. The summed E-state index contributed by atoms with van der Waals surface area (Å²) in [6.07, 6.45) is -6.34. The van der Waals surface area contributed by atoms with E-state index in [1.54, 1.807) is 20.8 Å². The Kier molecular flexibility index (Phi) is 5.19. The van der Waals surface area contributed by atoms with Gasteiger partial charge in [-0.1, -0.05) is 34.6 Å². The monoisotopic (exact) mass is 324 g/mol. The maximum atomic E-state index is 13.8. The summed E-state index contributed by atoms with van der Waals surface area (Å²) in [6, 6.07) is 0. The standard InChI is InChI=1S/C15H23F3O4/c1-9(2)14(15(16,17)18,8-13(3,4)5)12(20)22-10-6-7-21-11(10)19/h9-10H,6-8H2,1-5H3. The van der Waals surface area contributed by atoms with Crippen molar-refractivity contribution in [2.24, 2.45) is 16.7 Å². The topological polar surface area (TPSA) is 52.6 Å². The molecule has 1 saturated heterocycles. The lowest BCUT2D eigenvalue weighted by Gasteiger charge is -2.41.